The van der Waals surface area contributed by atoms with Crippen molar-refractivity contribution in [3.63, 3.8) is 0 Å². The van der Waals surface area contributed by atoms with Gasteiger partial charge in [-0.05, 0) is 31.0 Å². The van der Waals surface area contributed by atoms with E-state index in [1.165, 1.54) is 16.9 Å². The van der Waals surface area contributed by atoms with Crippen molar-refractivity contribution < 1.29 is 8.42 Å². The lowest BCUT2D eigenvalue weighted by Gasteiger charge is -2.07. The number of aromatic nitrogens is 1. The van der Waals surface area contributed by atoms with Gasteiger partial charge < -0.3 is 5.32 Å². The summed E-state index contributed by atoms with van der Waals surface area (Å²) in [6, 6.07) is 5.22. The van der Waals surface area contributed by atoms with E-state index in [1.807, 2.05) is 18.4 Å². The Balaban J connectivity index is 1.78. The van der Waals surface area contributed by atoms with Gasteiger partial charge in [0.2, 0.25) is 10.0 Å². The number of hydrogen-bond donors (Lipinski definition) is 2. The minimum absolute atomic E-state index is 0.219. The number of benzene rings is 1. The van der Waals surface area contributed by atoms with Gasteiger partial charge in [-0.2, -0.15) is 0 Å². The van der Waals surface area contributed by atoms with Crippen LogP contribution in [-0.4, -0.2) is 19.9 Å². The van der Waals surface area contributed by atoms with E-state index in [-0.39, 0.29) is 11.4 Å². The summed E-state index contributed by atoms with van der Waals surface area (Å²) in [5.74, 6) is 0. The predicted molar refractivity (Wildman–Crippen MR) is 79.5 cm³/mol. The molecule has 0 fully saturated rings. The monoisotopic (exact) mass is 309 g/mol. The van der Waals surface area contributed by atoms with Crippen molar-refractivity contribution in [2.24, 2.45) is 0 Å². The molecule has 1 aromatic carbocycles. The SMILES string of the molecule is Cc1nc(CNS(=O)(=O)c2ccc3c(c2)NCC3)cs1. The third-order valence-electron chi connectivity index (χ3n) is 3.21. The van der Waals surface area contributed by atoms with Gasteiger partial charge in [0.1, 0.15) is 0 Å². The van der Waals surface area contributed by atoms with Gasteiger partial charge in [-0.25, -0.2) is 18.1 Å². The lowest BCUT2D eigenvalue weighted by Crippen LogP contribution is -2.23. The van der Waals surface area contributed by atoms with E-state index < -0.39 is 10.0 Å². The molecule has 0 aliphatic carbocycles. The van der Waals surface area contributed by atoms with Crippen molar-refractivity contribution in [3.8, 4) is 0 Å². The first-order valence-electron chi connectivity index (χ1n) is 6.32. The number of nitrogens with zero attached hydrogens (tertiary/aromatic N) is 1. The Hall–Kier alpha value is -1.44. The fraction of sp³-hybridized carbons (Fsp3) is 0.308. The summed E-state index contributed by atoms with van der Waals surface area (Å²) in [5.41, 5.74) is 2.83. The Morgan fingerprint density at radius 3 is 3.05 bits per heavy atom. The van der Waals surface area contributed by atoms with E-state index in [1.54, 1.807) is 12.1 Å². The zero-order valence-corrected chi connectivity index (χ0v) is 12.6. The maximum atomic E-state index is 12.2. The average Bonchev–Trinajstić information content (AvgIpc) is 3.04. The second-order valence-electron chi connectivity index (χ2n) is 4.68. The largest absolute Gasteiger partial charge is 0.384 e. The number of thiazole rings is 1. The first-order valence-corrected chi connectivity index (χ1v) is 8.68. The molecule has 7 heteroatoms. The summed E-state index contributed by atoms with van der Waals surface area (Å²) < 4.78 is 27.1. The molecule has 0 radical (unpaired) electrons. The number of fused-ring (bicyclic) bond motifs is 1. The van der Waals surface area contributed by atoms with E-state index in [4.69, 9.17) is 0 Å². The first kappa shape index (κ1) is 13.5. The van der Waals surface area contributed by atoms with Gasteiger partial charge in [-0.15, -0.1) is 11.3 Å². The highest BCUT2D eigenvalue weighted by Crippen LogP contribution is 2.25. The summed E-state index contributed by atoms with van der Waals surface area (Å²) in [6.07, 6.45) is 0.946. The highest BCUT2D eigenvalue weighted by molar-refractivity contribution is 7.89. The zero-order chi connectivity index (χ0) is 14.2. The molecule has 0 unspecified atom stereocenters. The fourth-order valence-electron chi connectivity index (χ4n) is 2.18. The molecule has 106 valence electrons. The highest BCUT2D eigenvalue weighted by atomic mass is 32.2. The van der Waals surface area contributed by atoms with Crippen molar-refractivity contribution in [3.05, 3.63) is 39.8 Å². The minimum Gasteiger partial charge on any atom is -0.384 e. The van der Waals surface area contributed by atoms with Gasteiger partial charge in [-0.1, -0.05) is 6.07 Å². The van der Waals surface area contributed by atoms with E-state index in [0.717, 1.165) is 29.4 Å². The number of nitrogens with one attached hydrogen (secondary N) is 2. The molecule has 0 saturated heterocycles. The van der Waals surface area contributed by atoms with Crippen LogP contribution in [0.15, 0.2) is 28.5 Å². The topological polar surface area (TPSA) is 71.1 Å². The van der Waals surface area contributed by atoms with Crippen molar-refractivity contribution in [1.82, 2.24) is 9.71 Å². The predicted octanol–water partition coefficient (Wildman–Crippen LogP) is 1.90. The molecule has 3 rings (SSSR count). The second-order valence-corrected chi connectivity index (χ2v) is 7.51. The van der Waals surface area contributed by atoms with Crippen molar-refractivity contribution in [1.29, 1.82) is 0 Å². The Labute approximate surface area is 122 Å². The molecule has 1 aromatic heterocycles. The van der Waals surface area contributed by atoms with Crippen LogP contribution in [0.5, 0.6) is 0 Å². The zero-order valence-electron chi connectivity index (χ0n) is 11.0. The van der Waals surface area contributed by atoms with Crippen LogP contribution in [0.1, 0.15) is 16.3 Å². The molecular weight excluding hydrogens is 294 g/mol. The van der Waals surface area contributed by atoms with Crippen molar-refractivity contribution in [2.45, 2.75) is 24.8 Å². The minimum atomic E-state index is -3.50. The van der Waals surface area contributed by atoms with Gasteiger partial charge in [-0.3, -0.25) is 0 Å². The fourth-order valence-corrected chi connectivity index (χ4v) is 3.82. The Bertz CT molecular complexity index is 738. The molecule has 2 heterocycles. The van der Waals surface area contributed by atoms with Crippen LogP contribution in [0, 0.1) is 6.92 Å². The number of sulfonamides is 1. The van der Waals surface area contributed by atoms with E-state index in [0.29, 0.717) is 0 Å². The van der Waals surface area contributed by atoms with Crippen LogP contribution in [0.25, 0.3) is 0 Å². The average molecular weight is 309 g/mol. The molecule has 0 amide bonds. The molecular formula is C13H15N3O2S2. The molecule has 2 aromatic rings. The van der Waals surface area contributed by atoms with Crippen molar-refractivity contribution >= 4 is 27.0 Å². The quantitative estimate of drug-likeness (QED) is 0.905. The summed E-state index contributed by atoms with van der Waals surface area (Å²) in [7, 11) is -3.50. The van der Waals surface area contributed by atoms with E-state index >= 15 is 0 Å². The van der Waals surface area contributed by atoms with Crippen LogP contribution in [-0.2, 0) is 23.0 Å². The summed E-state index contributed by atoms with van der Waals surface area (Å²) in [4.78, 5) is 4.53. The second kappa shape index (κ2) is 5.16. The van der Waals surface area contributed by atoms with Crippen LogP contribution < -0.4 is 10.0 Å². The molecule has 5 nitrogen and oxygen atoms in total. The number of aryl methyl sites for hydroxylation is 1. The van der Waals surface area contributed by atoms with Crippen LogP contribution in [0.2, 0.25) is 0 Å². The standard InChI is InChI=1S/C13H15N3O2S2/c1-9-16-11(8-19-9)7-15-20(17,18)12-3-2-10-4-5-14-13(10)6-12/h2-3,6,8,14-15H,4-5,7H2,1H3. The molecule has 1 aliphatic heterocycles. The molecule has 2 N–H and O–H groups in total. The molecule has 0 bridgehead atoms. The third-order valence-corrected chi connectivity index (χ3v) is 5.43. The first-order chi connectivity index (χ1) is 9.54. The van der Waals surface area contributed by atoms with Gasteiger partial charge >= 0.3 is 0 Å². The molecule has 0 saturated carbocycles. The van der Waals surface area contributed by atoms with Crippen LogP contribution >= 0.6 is 11.3 Å². The number of rotatable bonds is 4. The lowest BCUT2D eigenvalue weighted by molar-refractivity contribution is 0.580. The molecule has 0 spiro atoms. The summed E-state index contributed by atoms with van der Waals surface area (Å²) >= 11 is 1.51. The summed E-state index contributed by atoms with van der Waals surface area (Å²) in [6.45, 7) is 2.98. The van der Waals surface area contributed by atoms with Crippen LogP contribution in [0.4, 0.5) is 5.69 Å². The number of hydrogen-bond acceptors (Lipinski definition) is 5. The van der Waals surface area contributed by atoms with Gasteiger partial charge in [0.15, 0.2) is 0 Å². The van der Waals surface area contributed by atoms with Crippen LogP contribution in [0.3, 0.4) is 0 Å². The van der Waals surface area contributed by atoms with E-state index in [2.05, 4.69) is 15.0 Å². The molecule has 20 heavy (non-hydrogen) atoms. The number of anilines is 1. The van der Waals surface area contributed by atoms with Gasteiger partial charge in [0.05, 0.1) is 22.1 Å². The van der Waals surface area contributed by atoms with E-state index in [9.17, 15) is 8.42 Å². The Kier molecular flexibility index (Phi) is 3.49. The highest BCUT2D eigenvalue weighted by Gasteiger charge is 2.18. The lowest BCUT2D eigenvalue weighted by atomic mass is 10.2. The molecule has 0 atom stereocenters. The maximum Gasteiger partial charge on any atom is 0.240 e. The Morgan fingerprint density at radius 2 is 2.30 bits per heavy atom. The summed E-state index contributed by atoms with van der Waals surface area (Å²) in [5, 5.41) is 5.98. The Morgan fingerprint density at radius 1 is 1.45 bits per heavy atom. The maximum absolute atomic E-state index is 12.2. The molecule has 1 aliphatic rings. The van der Waals surface area contributed by atoms with Crippen molar-refractivity contribution in [2.75, 3.05) is 11.9 Å². The smallest absolute Gasteiger partial charge is 0.240 e. The third kappa shape index (κ3) is 2.70. The van der Waals surface area contributed by atoms with Gasteiger partial charge in [0.25, 0.3) is 0 Å². The normalized spacial score (nSPS) is 14.1. The van der Waals surface area contributed by atoms with Gasteiger partial charge in [0, 0.05) is 17.6 Å².